The predicted octanol–water partition coefficient (Wildman–Crippen LogP) is 4.89. The van der Waals surface area contributed by atoms with E-state index in [0.717, 1.165) is 4.47 Å². The minimum atomic E-state index is 0.246. The molecule has 0 bridgehead atoms. The van der Waals surface area contributed by atoms with Crippen LogP contribution in [0.15, 0.2) is 39.3 Å². The number of hydrogen-bond acceptors (Lipinski definition) is 2. The summed E-state index contributed by atoms with van der Waals surface area (Å²) in [6, 6.07) is 10.9. The van der Waals surface area contributed by atoms with E-state index in [1.54, 1.807) is 0 Å². The number of hydrogen-bond donors (Lipinski definition) is 1. The van der Waals surface area contributed by atoms with E-state index in [1.165, 1.54) is 19.8 Å². The third-order valence-electron chi connectivity index (χ3n) is 2.59. The molecule has 0 saturated carbocycles. The second-order valence-electron chi connectivity index (χ2n) is 3.84. The van der Waals surface area contributed by atoms with Crippen molar-refractivity contribution >= 4 is 43.2 Å². The van der Waals surface area contributed by atoms with E-state index in [9.17, 15) is 0 Å². The molecule has 0 spiro atoms. The fraction of sp³-hybridized carbons (Fsp3) is 0.231. The highest BCUT2D eigenvalue weighted by Crippen LogP contribution is 2.35. The predicted molar refractivity (Wildman–Crippen MR) is 81.8 cm³/mol. The molecule has 1 N–H and O–H groups in total. The Morgan fingerprint density at radius 1 is 1.18 bits per heavy atom. The summed E-state index contributed by atoms with van der Waals surface area (Å²) < 4.78 is 2.29. The summed E-state index contributed by atoms with van der Waals surface area (Å²) in [4.78, 5) is 2.65. The summed E-state index contributed by atoms with van der Waals surface area (Å²) in [5.74, 6) is 0. The number of rotatable bonds is 3. The van der Waals surface area contributed by atoms with Crippen molar-refractivity contribution in [1.29, 1.82) is 0 Å². The first-order valence-corrected chi connectivity index (χ1v) is 7.70. The van der Waals surface area contributed by atoms with E-state index in [1.807, 2.05) is 18.4 Å². The Kier molecular flexibility index (Phi) is 4.42. The summed E-state index contributed by atoms with van der Waals surface area (Å²) in [6.45, 7) is 2.13. The van der Waals surface area contributed by atoms with Gasteiger partial charge in [-0.3, -0.25) is 0 Å². The van der Waals surface area contributed by atoms with Gasteiger partial charge in [0, 0.05) is 18.7 Å². The Morgan fingerprint density at radius 3 is 2.29 bits per heavy atom. The molecule has 1 nitrogen and oxygen atoms in total. The molecule has 0 aliphatic carbocycles. The van der Waals surface area contributed by atoms with Crippen LogP contribution in [0.2, 0.25) is 0 Å². The Balaban J connectivity index is 2.39. The minimum Gasteiger partial charge on any atom is -0.309 e. The maximum absolute atomic E-state index is 3.63. The number of nitrogens with one attached hydrogen (secondary N) is 1. The molecule has 1 heterocycles. The highest BCUT2D eigenvalue weighted by atomic mass is 79.9. The molecule has 0 radical (unpaired) electrons. The van der Waals surface area contributed by atoms with Crippen LogP contribution in [0.3, 0.4) is 0 Å². The topological polar surface area (TPSA) is 12.0 Å². The largest absolute Gasteiger partial charge is 0.309 e. The smallest absolute Gasteiger partial charge is 0.0680 e. The van der Waals surface area contributed by atoms with Gasteiger partial charge in [-0.15, -0.1) is 11.3 Å². The average Bonchev–Trinajstić information content (AvgIpc) is 2.62. The van der Waals surface area contributed by atoms with Crippen molar-refractivity contribution in [2.24, 2.45) is 0 Å². The molecule has 0 fully saturated rings. The summed E-state index contributed by atoms with van der Waals surface area (Å²) >= 11 is 8.92. The zero-order valence-corrected chi connectivity index (χ0v) is 13.6. The van der Waals surface area contributed by atoms with Gasteiger partial charge in [-0.1, -0.05) is 28.1 Å². The van der Waals surface area contributed by atoms with Crippen LogP contribution >= 0.6 is 43.2 Å². The lowest BCUT2D eigenvalue weighted by molar-refractivity contribution is 0.701. The number of thiophene rings is 1. The third kappa shape index (κ3) is 2.99. The highest BCUT2D eigenvalue weighted by molar-refractivity contribution is 9.10. The van der Waals surface area contributed by atoms with Gasteiger partial charge in [0.25, 0.3) is 0 Å². The van der Waals surface area contributed by atoms with Crippen LogP contribution in [0.5, 0.6) is 0 Å². The molecule has 2 aromatic rings. The Bertz CT molecular complexity index is 505. The Labute approximate surface area is 123 Å². The van der Waals surface area contributed by atoms with Crippen molar-refractivity contribution in [2.75, 3.05) is 7.05 Å². The van der Waals surface area contributed by atoms with Crippen LogP contribution in [0.25, 0.3) is 0 Å². The molecule has 1 aromatic heterocycles. The Hall–Kier alpha value is -0.160. The molecule has 0 saturated heterocycles. The molecule has 0 aliphatic heterocycles. The van der Waals surface area contributed by atoms with Gasteiger partial charge in [0.2, 0.25) is 0 Å². The molecular weight excluding hydrogens is 362 g/mol. The normalized spacial score (nSPS) is 12.7. The molecule has 0 aliphatic rings. The molecule has 4 heteroatoms. The van der Waals surface area contributed by atoms with Crippen molar-refractivity contribution in [3.63, 3.8) is 0 Å². The molecule has 90 valence electrons. The summed E-state index contributed by atoms with van der Waals surface area (Å²) in [5, 5.41) is 3.37. The van der Waals surface area contributed by atoms with Gasteiger partial charge in [-0.05, 0) is 53.7 Å². The molecule has 17 heavy (non-hydrogen) atoms. The van der Waals surface area contributed by atoms with Crippen LogP contribution in [-0.2, 0) is 0 Å². The molecule has 1 aromatic carbocycles. The second kappa shape index (κ2) is 5.65. The van der Waals surface area contributed by atoms with E-state index in [0.29, 0.717) is 0 Å². The third-order valence-corrected chi connectivity index (χ3v) is 5.15. The molecule has 2 rings (SSSR count). The fourth-order valence-corrected chi connectivity index (χ4v) is 4.09. The fourth-order valence-electron chi connectivity index (χ4n) is 1.80. The molecular formula is C13H13Br2NS. The van der Waals surface area contributed by atoms with E-state index < -0.39 is 0 Å². The van der Waals surface area contributed by atoms with Crippen molar-refractivity contribution < 1.29 is 0 Å². The van der Waals surface area contributed by atoms with Crippen LogP contribution in [0, 0.1) is 6.92 Å². The van der Waals surface area contributed by atoms with Gasteiger partial charge in [0.05, 0.1) is 6.04 Å². The van der Waals surface area contributed by atoms with Gasteiger partial charge >= 0.3 is 0 Å². The maximum atomic E-state index is 3.63. The van der Waals surface area contributed by atoms with Gasteiger partial charge in [0.1, 0.15) is 0 Å². The molecule has 0 amide bonds. The van der Waals surface area contributed by atoms with Gasteiger partial charge < -0.3 is 5.32 Å². The lowest BCUT2D eigenvalue weighted by atomic mass is 10.1. The van der Waals surface area contributed by atoms with Gasteiger partial charge in [-0.25, -0.2) is 0 Å². The van der Waals surface area contributed by atoms with E-state index >= 15 is 0 Å². The summed E-state index contributed by atoms with van der Waals surface area (Å²) in [6.07, 6.45) is 0. The lowest BCUT2D eigenvalue weighted by Crippen LogP contribution is -2.16. The number of benzene rings is 1. The first-order chi connectivity index (χ1) is 8.11. The quantitative estimate of drug-likeness (QED) is 0.806. The maximum Gasteiger partial charge on any atom is 0.0680 e. The van der Waals surface area contributed by atoms with Crippen molar-refractivity contribution in [2.45, 2.75) is 13.0 Å². The van der Waals surface area contributed by atoms with E-state index in [4.69, 9.17) is 0 Å². The summed E-state index contributed by atoms with van der Waals surface area (Å²) in [5.41, 5.74) is 1.28. The SMILES string of the molecule is CNC(c1ccc(Br)cc1)c1sc(C)cc1Br. The molecule has 1 atom stereocenters. The second-order valence-corrected chi connectivity index (χ2v) is 6.90. The first-order valence-electron chi connectivity index (χ1n) is 5.30. The zero-order valence-electron chi connectivity index (χ0n) is 9.63. The minimum absolute atomic E-state index is 0.246. The van der Waals surface area contributed by atoms with E-state index in [2.05, 4.69) is 74.4 Å². The number of halogens is 2. The number of aryl methyl sites for hydroxylation is 1. The Morgan fingerprint density at radius 2 is 1.82 bits per heavy atom. The van der Waals surface area contributed by atoms with Gasteiger partial charge in [0.15, 0.2) is 0 Å². The average molecular weight is 375 g/mol. The monoisotopic (exact) mass is 373 g/mol. The zero-order chi connectivity index (χ0) is 12.4. The first kappa shape index (κ1) is 13.3. The van der Waals surface area contributed by atoms with Crippen molar-refractivity contribution in [3.8, 4) is 0 Å². The van der Waals surface area contributed by atoms with Crippen LogP contribution in [-0.4, -0.2) is 7.05 Å². The lowest BCUT2D eigenvalue weighted by Gasteiger charge is -2.16. The van der Waals surface area contributed by atoms with E-state index in [-0.39, 0.29) is 6.04 Å². The van der Waals surface area contributed by atoms with Gasteiger partial charge in [-0.2, -0.15) is 0 Å². The van der Waals surface area contributed by atoms with Crippen molar-refractivity contribution in [1.82, 2.24) is 5.32 Å². The summed E-state index contributed by atoms with van der Waals surface area (Å²) in [7, 11) is 1.99. The van der Waals surface area contributed by atoms with Crippen LogP contribution in [0.1, 0.15) is 21.4 Å². The van der Waals surface area contributed by atoms with Crippen LogP contribution < -0.4 is 5.32 Å². The standard InChI is InChI=1S/C13H13Br2NS/c1-8-7-11(15)13(17-8)12(16-2)9-3-5-10(14)6-4-9/h3-7,12,16H,1-2H3. The van der Waals surface area contributed by atoms with Crippen molar-refractivity contribution in [3.05, 3.63) is 54.6 Å². The van der Waals surface area contributed by atoms with Crippen LogP contribution in [0.4, 0.5) is 0 Å². The molecule has 1 unspecified atom stereocenters. The highest BCUT2D eigenvalue weighted by Gasteiger charge is 2.17.